The van der Waals surface area contributed by atoms with Crippen molar-refractivity contribution < 1.29 is 0 Å². The van der Waals surface area contributed by atoms with Crippen LogP contribution in [0, 0.1) is 5.41 Å². The molecule has 2 rings (SSSR count). The maximum atomic E-state index is 7.31. The Morgan fingerprint density at radius 2 is 2.36 bits per heavy atom. The van der Waals surface area contributed by atoms with E-state index in [9.17, 15) is 0 Å². The molecular formula is C7H6N4. The summed E-state index contributed by atoms with van der Waals surface area (Å²) in [4.78, 5) is 11.9. The predicted octanol–water partition coefficient (Wildman–Crippen LogP) is -1.09. The minimum atomic E-state index is 0.445. The van der Waals surface area contributed by atoms with E-state index in [-0.39, 0.29) is 0 Å². The number of rotatable bonds is 0. The van der Waals surface area contributed by atoms with Gasteiger partial charge in [0.25, 0.3) is 0 Å². The van der Waals surface area contributed by atoms with Crippen molar-refractivity contribution in [1.82, 2.24) is 9.97 Å². The first-order valence-corrected chi connectivity index (χ1v) is 3.26. The third kappa shape index (κ3) is 1.02. The van der Waals surface area contributed by atoms with Crippen molar-refractivity contribution in [1.29, 1.82) is 5.41 Å². The topological polar surface area (TPSA) is 62.0 Å². The Labute approximate surface area is 62.9 Å². The van der Waals surface area contributed by atoms with Gasteiger partial charge in [0.1, 0.15) is 11.7 Å². The van der Waals surface area contributed by atoms with Gasteiger partial charge in [-0.15, -0.1) is 0 Å². The second-order valence-corrected chi connectivity index (χ2v) is 2.28. The summed E-state index contributed by atoms with van der Waals surface area (Å²) in [5, 5.41) is 8.84. The summed E-state index contributed by atoms with van der Waals surface area (Å²) >= 11 is 0. The van der Waals surface area contributed by atoms with Gasteiger partial charge in [-0.25, -0.2) is 9.97 Å². The Kier molecular flexibility index (Phi) is 1.25. The molecule has 0 fully saturated rings. The van der Waals surface area contributed by atoms with Crippen LogP contribution in [0.3, 0.4) is 0 Å². The average Bonchev–Trinajstić information content (AvgIpc) is 2.04. The lowest BCUT2D eigenvalue weighted by Crippen LogP contribution is -2.34. The number of nitrogens with zero attached hydrogens (tertiary/aromatic N) is 3. The molecule has 0 aliphatic carbocycles. The molecule has 4 heteroatoms. The molecule has 4 nitrogen and oxygen atoms in total. The molecule has 1 aromatic rings. The van der Waals surface area contributed by atoms with Crippen LogP contribution in [0.2, 0.25) is 0 Å². The summed E-state index contributed by atoms with van der Waals surface area (Å²) in [6, 6.07) is 0. The molecule has 2 heterocycles. The van der Waals surface area contributed by atoms with E-state index in [4.69, 9.17) is 5.41 Å². The number of fused-ring (bicyclic) bond motifs is 1. The zero-order valence-corrected chi connectivity index (χ0v) is 5.78. The summed E-state index contributed by atoms with van der Waals surface area (Å²) in [7, 11) is 0. The van der Waals surface area contributed by atoms with Crippen LogP contribution in [0.5, 0.6) is 0 Å². The number of nitrogens with one attached hydrogen (secondary N) is 1. The molecule has 0 atom stereocenters. The molecule has 54 valence electrons. The Morgan fingerprint density at radius 1 is 1.45 bits per heavy atom. The van der Waals surface area contributed by atoms with Crippen LogP contribution in [0.15, 0.2) is 17.5 Å². The van der Waals surface area contributed by atoms with E-state index in [1.807, 2.05) is 0 Å². The van der Waals surface area contributed by atoms with Crippen molar-refractivity contribution in [3.63, 3.8) is 0 Å². The average molecular weight is 146 g/mol. The van der Waals surface area contributed by atoms with Crippen LogP contribution in [0.4, 0.5) is 0 Å². The molecule has 0 saturated heterocycles. The first-order valence-electron chi connectivity index (χ1n) is 3.26. The molecule has 0 bridgehead atoms. The fourth-order valence-electron chi connectivity index (χ4n) is 0.946. The van der Waals surface area contributed by atoms with Crippen molar-refractivity contribution in [3.05, 3.63) is 23.2 Å². The van der Waals surface area contributed by atoms with Crippen LogP contribution in [0.1, 0.15) is 0 Å². The number of hydrogen-bond donors (Lipinski definition) is 1. The van der Waals surface area contributed by atoms with Gasteiger partial charge in [0.15, 0.2) is 0 Å². The Bertz CT molecular complexity index is 407. The molecular weight excluding hydrogens is 140 g/mol. The molecule has 0 unspecified atom stereocenters. The normalized spacial score (nSPS) is 14.7. The van der Waals surface area contributed by atoms with E-state index in [0.29, 0.717) is 12.3 Å². The minimum absolute atomic E-state index is 0.445. The standard InChI is InChI=1S/C7H6N4/c8-5-1-6-7(10-2-5)3-9-4-11-6/h1,3-4,8H,2H2. The van der Waals surface area contributed by atoms with E-state index in [1.165, 1.54) is 6.33 Å². The highest BCUT2D eigenvalue weighted by atomic mass is 14.9. The largest absolute Gasteiger partial charge is 0.303 e. The Morgan fingerprint density at radius 3 is 3.27 bits per heavy atom. The second kappa shape index (κ2) is 2.23. The molecule has 1 aliphatic heterocycles. The first-order chi connectivity index (χ1) is 5.36. The molecule has 11 heavy (non-hydrogen) atoms. The van der Waals surface area contributed by atoms with Crippen molar-refractivity contribution >= 4 is 11.8 Å². The summed E-state index contributed by atoms with van der Waals surface area (Å²) in [5.41, 5.74) is 0.496. The molecule has 1 N–H and O–H groups in total. The SMILES string of the molecule is N=C1C=c2ncncc2=NC1. The van der Waals surface area contributed by atoms with E-state index in [1.54, 1.807) is 12.3 Å². The predicted molar refractivity (Wildman–Crippen MR) is 39.9 cm³/mol. The second-order valence-electron chi connectivity index (χ2n) is 2.28. The van der Waals surface area contributed by atoms with Crippen molar-refractivity contribution in [2.24, 2.45) is 4.99 Å². The van der Waals surface area contributed by atoms with E-state index in [2.05, 4.69) is 15.0 Å². The molecule has 1 aliphatic rings. The van der Waals surface area contributed by atoms with Crippen molar-refractivity contribution in [2.75, 3.05) is 6.54 Å². The van der Waals surface area contributed by atoms with Crippen LogP contribution in [-0.2, 0) is 0 Å². The van der Waals surface area contributed by atoms with Crippen molar-refractivity contribution in [3.8, 4) is 0 Å². The van der Waals surface area contributed by atoms with Crippen LogP contribution in [0.25, 0.3) is 6.08 Å². The molecule has 0 aromatic carbocycles. The van der Waals surface area contributed by atoms with Gasteiger partial charge in [-0.3, -0.25) is 4.99 Å². The molecule has 0 spiro atoms. The summed E-state index contributed by atoms with van der Waals surface area (Å²) in [6.07, 6.45) is 4.83. The van der Waals surface area contributed by atoms with Gasteiger partial charge in [0.2, 0.25) is 0 Å². The summed E-state index contributed by atoms with van der Waals surface area (Å²) < 4.78 is 0. The Balaban J connectivity index is 2.83. The van der Waals surface area contributed by atoms with Crippen LogP contribution >= 0.6 is 0 Å². The number of hydrogen-bond acceptors (Lipinski definition) is 4. The minimum Gasteiger partial charge on any atom is -0.303 e. The fraction of sp³-hybridized carbons (Fsp3) is 0.143. The zero-order valence-electron chi connectivity index (χ0n) is 5.78. The van der Waals surface area contributed by atoms with Gasteiger partial charge >= 0.3 is 0 Å². The molecule has 0 radical (unpaired) electrons. The molecule has 0 amide bonds. The highest BCUT2D eigenvalue weighted by molar-refractivity contribution is 6.09. The number of aromatic nitrogens is 2. The smallest absolute Gasteiger partial charge is 0.116 e. The third-order valence-electron chi connectivity index (χ3n) is 1.45. The van der Waals surface area contributed by atoms with E-state index in [0.717, 1.165) is 10.7 Å². The first kappa shape index (κ1) is 6.15. The van der Waals surface area contributed by atoms with E-state index >= 15 is 0 Å². The maximum absolute atomic E-state index is 7.31. The van der Waals surface area contributed by atoms with Gasteiger partial charge < -0.3 is 5.41 Å². The van der Waals surface area contributed by atoms with Gasteiger partial charge in [0.05, 0.1) is 23.8 Å². The monoisotopic (exact) mass is 146 g/mol. The highest BCUT2D eigenvalue weighted by Gasteiger charge is 1.97. The maximum Gasteiger partial charge on any atom is 0.116 e. The molecule has 0 saturated carbocycles. The quantitative estimate of drug-likeness (QED) is 0.505. The fourth-order valence-corrected chi connectivity index (χ4v) is 0.946. The lowest BCUT2D eigenvalue weighted by atomic mass is 10.3. The van der Waals surface area contributed by atoms with Gasteiger partial charge in [-0.05, 0) is 6.08 Å². The van der Waals surface area contributed by atoms with Crippen molar-refractivity contribution in [2.45, 2.75) is 0 Å². The van der Waals surface area contributed by atoms with E-state index < -0.39 is 0 Å². The zero-order chi connectivity index (χ0) is 7.68. The lowest BCUT2D eigenvalue weighted by Gasteiger charge is -1.97. The highest BCUT2D eigenvalue weighted by Crippen LogP contribution is 1.79. The Hall–Kier alpha value is -1.58. The van der Waals surface area contributed by atoms with Gasteiger partial charge in [-0.1, -0.05) is 0 Å². The third-order valence-corrected chi connectivity index (χ3v) is 1.45. The molecule has 1 aromatic heterocycles. The summed E-state index contributed by atoms with van der Waals surface area (Å²) in [5.74, 6) is 0. The van der Waals surface area contributed by atoms with Gasteiger partial charge in [-0.2, -0.15) is 0 Å². The van der Waals surface area contributed by atoms with Crippen LogP contribution in [-0.4, -0.2) is 22.2 Å². The summed E-state index contributed by atoms with van der Waals surface area (Å²) in [6.45, 7) is 0.445. The van der Waals surface area contributed by atoms with Crippen LogP contribution < -0.4 is 10.7 Å². The lowest BCUT2D eigenvalue weighted by molar-refractivity contribution is 1.02. The van der Waals surface area contributed by atoms with Gasteiger partial charge in [0, 0.05) is 0 Å².